The van der Waals surface area contributed by atoms with Crippen LogP contribution in [0, 0.1) is 0 Å². The average molecular weight is 732 g/mol. The van der Waals surface area contributed by atoms with Crippen molar-refractivity contribution in [2.45, 2.75) is 12.8 Å². The van der Waals surface area contributed by atoms with Crippen molar-refractivity contribution in [2.75, 3.05) is 52.4 Å². The lowest BCUT2D eigenvalue weighted by atomic mass is 10.2. The maximum atomic E-state index is 12.9. The molecule has 0 unspecified atom stereocenters. The van der Waals surface area contributed by atoms with E-state index < -0.39 is 0 Å². The molecule has 1 N–H and O–H groups in total. The topological polar surface area (TPSA) is 93.3 Å². The minimum absolute atomic E-state index is 0.00675. The van der Waals surface area contributed by atoms with Crippen LogP contribution in [0.3, 0.4) is 0 Å². The summed E-state index contributed by atoms with van der Waals surface area (Å²) in [6.07, 6.45) is 11.4. The first kappa shape index (κ1) is 36.4. The molecule has 2 aromatic rings. The maximum absolute atomic E-state index is 12.9. The number of allylic oxidation sites excluding steroid dienone is 4. The van der Waals surface area contributed by atoms with E-state index >= 15 is 0 Å². The monoisotopic (exact) mass is 731 g/mol. The highest BCUT2D eigenvalue weighted by atomic mass is 32.2. The Balaban J connectivity index is 0.957. The second-order valence-corrected chi connectivity index (χ2v) is 14.7. The van der Waals surface area contributed by atoms with Crippen LogP contribution in [0.1, 0.15) is 24.0 Å². The van der Waals surface area contributed by atoms with Crippen LogP contribution in [0.15, 0.2) is 94.8 Å². The molecule has 3 saturated heterocycles. The van der Waals surface area contributed by atoms with Gasteiger partial charge in [-0.05, 0) is 23.3 Å². The Labute approximate surface area is 306 Å². The Bertz CT molecular complexity index is 1680. The van der Waals surface area contributed by atoms with Crippen LogP contribution in [0.5, 0.6) is 0 Å². The molecule has 2 aromatic carbocycles. The van der Waals surface area contributed by atoms with Gasteiger partial charge in [0.05, 0.1) is 9.81 Å². The van der Waals surface area contributed by atoms with Gasteiger partial charge < -0.3 is 10.2 Å². The molecular formula is C36H37N5O4S4. The van der Waals surface area contributed by atoms with E-state index in [1.165, 1.54) is 33.3 Å². The number of piperazine rings is 1. The standard InChI is InChI=1S/C36H37N5O4S4/c42-31(17-20-40-33(44)29(48-35(40)46)15-7-13-27-9-3-1-4-10-27)37-19-22-38-23-25-39(26-24-38)32(43)18-21-41-34(45)30(49-36(41)47)16-8-14-28-11-5-2-6-12-28/h1-16H,17-26H2,(H,37,42)/b13-7+,14-8+,29-15+,30-16-. The normalized spacial score (nSPS) is 19.1. The number of carbonyl (C=O) groups is 4. The molecular weight excluding hydrogens is 695 g/mol. The Morgan fingerprint density at radius 3 is 1.69 bits per heavy atom. The van der Waals surface area contributed by atoms with Crippen molar-refractivity contribution in [1.29, 1.82) is 0 Å². The van der Waals surface area contributed by atoms with Crippen molar-refractivity contribution in [3.63, 3.8) is 0 Å². The first-order chi connectivity index (χ1) is 23.8. The van der Waals surface area contributed by atoms with Crippen LogP contribution in [-0.2, 0) is 19.2 Å². The molecule has 0 saturated carbocycles. The van der Waals surface area contributed by atoms with Gasteiger partial charge in [0, 0.05) is 65.2 Å². The average Bonchev–Trinajstić information content (AvgIpc) is 3.54. The maximum Gasteiger partial charge on any atom is 0.266 e. The summed E-state index contributed by atoms with van der Waals surface area (Å²) in [6.45, 7) is 4.17. The minimum atomic E-state index is -0.185. The van der Waals surface area contributed by atoms with E-state index in [2.05, 4.69) is 10.2 Å². The molecule has 3 heterocycles. The molecule has 254 valence electrons. The fourth-order valence-corrected chi connectivity index (χ4v) is 7.80. The van der Waals surface area contributed by atoms with Crippen LogP contribution in [0.2, 0.25) is 0 Å². The van der Waals surface area contributed by atoms with E-state index in [-0.39, 0.29) is 49.6 Å². The minimum Gasteiger partial charge on any atom is -0.355 e. The SMILES string of the molecule is O=C(CCN1C(=O)/C(=C\C=C\c2ccccc2)SC1=S)NCCN1CCN(C(=O)CCN2C(=O)/C(=C/C=C/c3ccccc3)SC2=S)CC1. The number of rotatable bonds is 13. The van der Waals surface area contributed by atoms with E-state index in [1.54, 1.807) is 12.2 Å². The fourth-order valence-electron chi connectivity index (χ4n) is 5.28. The van der Waals surface area contributed by atoms with Gasteiger partial charge in [0.1, 0.15) is 8.64 Å². The number of amides is 4. The van der Waals surface area contributed by atoms with Crippen LogP contribution >= 0.6 is 48.0 Å². The highest BCUT2D eigenvalue weighted by molar-refractivity contribution is 8.27. The number of nitrogens with zero attached hydrogens (tertiary/aromatic N) is 4. The second-order valence-electron chi connectivity index (χ2n) is 11.3. The Kier molecular flexibility index (Phi) is 13.5. The predicted molar refractivity (Wildman–Crippen MR) is 206 cm³/mol. The molecule has 4 amide bonds. The lowest BCUT2D eigenvalue weighted by Gasteiger charge is -2.35. The summed E-state index contributed by atoms with van der Waals surface area (Å²) in [6, 6.07) is 19.6. The third-order valence-electron chi connectivity index (χ3n) is 8.01. The van der Waals surface area contributed by atoms with Gasteiger partial charge in [0.2, 0.25) is 11.8 Å². The third-order valence-corrected chi connectivity index (χ3v) is 10.8. The zero-order chi connectivity index (χ0) is 34.6. The van der Waals surface area contributed by atoms with Gasteiger partial charge in [0.25, 0.3) is 11.8 Å². The summed E-state index contributed by atoms with van der Waals surface area (Å²) in [5.74, 6) is -0.508. The molecule has 0 atom stereocenters. The molecule has 3 aliphatic rings. The van der Waals surface area contributed by atoms with E-state index in [4.69, 9.17) is 24.4 Å². The van der Waals surface area contributed by atoms with Gasteiger partial charge in [-0.3, -0.25) is 33.9 Å². The molecule has 9 nitrogen and oxygen atoms in total. The lowest BCUT2D eigenvalue weighted by molar-refractivity contribution is -0.133. The summed E-state index contributed by atoms with van der Waals surface area (Å²) in [7, 11) is 0. The molecule has 0 spiro atoms. The van der Waals surface area contributed by atoms with Crippen molar-refractivity contribution < 1.29 is 19.2 Å². The molecule has 3 fully saturated rings. The molecule has 3 aliphatic heterocycles. The van der Waals surface area contributed by atoms with Crippen LogP contribution in [0.4, 0.5) is 0 Å². The van der Waals surface area contributed by atoms with E-state index in [9.17, 15) is 19.2 Å². The highest BCUT2D eigenvalue weighted by Crippen LogP contribution is 2.32. The van der Waals surface area contributed by atoms with Crippen molar-refractivity contribution in [1.82, 2.24) is 24.9 Å². The second kappa shape index (κ2) is 18.2. The number of nitrogens with one attached hydrogen (secondary N) is 1. The summed E-state index contributed by atoms with van der Waals surface area (Å²) in [4.78, 5) is 59.3. The zero-order valence-corrected chi connectivity index (χ0v) is 30.1. The van der Waals surface area contributed by atoms with Gasteiger partial charge in [-0.2, -0.15) is 0 Å². The Hall–Kier alpha value is -3.88. The van der Waals surface area contributed by atoms with E-state index in [1.807, 2.05) is 89.9 Å². The number of hydrogen-bond acceptors (Lipinski definition) is 9. The highest BCUT2D eigenvalue weighted by Gasteiger charge is 2.33. The Morgan fingerprint density at radius 1 is 0.694 bits per heavy atom. The van der Waals surface area contributed by atoms with Gasteiger partial charge in [-0.15, -0.1) is 0 Å². The molecule has 5 rings (SSSR count). The fraction of sp³-hybridized carbons (Fsp3) is 0.278. The molecule has 0 aromatic heterocycles. The number of benzene rings is 2. The largest absolute Gasteiger partial charge is 0.355 e. The summed E-state index contributed by atoms with van der Waals surface area (Å²) in [5.41, 5.74) is 2.07. The van der Waals surface area contributed by atoms with Crippen molar-refractivity contribution >= 4 is 92.4 Å². The van der Waals surface area contributed by atoms with Crippen LogP contribution in [0.25, 0.3) is 12.2 Å². The van der Waals surface area contributed by atoms with Crippen molar-refractivity contribution in [2.24, 2.45) is 0 Å². The number of carbonyl (C=O) groups excluding carboxylic acids is 4. The van der Waals surface area contributed by atoms with E-state index in [0.717, 1.165) is 11.1 Å². The van der Waals surface area contributed by atoms with Crippen molar-refractivity contribution in [3.8, 4) is 0 Å². The van der Waals surface area contributed by atoms with Crippen LogP contribution in [-0.4, -0.2) is 104 Å². The predicted octanol–water partition coefficient (Wildman–Crippen LogP) is 4.94. The first-order valence-electron chi connectivity index (χ1n) is 16.0. The van der Waals surface area contributed by atoms with Gasteiger partial charge in [-0.1, -0.05) is 133 Å². The number of hydrogen-bond donors (Lipinski definition) is 1. The summed E-state index contributed by atoms with van der Waals surface area (Å²) in [5, 5.41) is 2.93. The molecule has 0 radical (unpaired) electrons. The number of thiocarbonyl (C=S) groups is 2. The Morgan fingerprint density at radius 2 is 1.18 bits per heavy atom. The van der Waals surface area contributed by atoms with Crippen LogP contribution < -0.4 is 5.32 Å². The van der Waals surface area contributed by atoms with Gasteiger partial charge in [0.15, 0.2) is 0 Å². The van der Waals surface area contributed by atoms with Gasteiger partial charge in [-0.25, -0.2) is 0 Å². The smallest absolute Gasteiger partial charge is 0.266 e. The molecule has 13 heteroatoms. The number of thioether (sulfide) groups is 2. The molecule has 0 aliphatic carbocycles. The van der Waals surface area contributed by atoms with Gasteiger partial charge >= 0.3 is 0 Å². The van der Waals surface area contributed by atoms with E-state index in [0.29, 0.717) is 57.7 Å². The quantitative estimate of drug-likeness (QED) is 0.227. The summed E-state index contributed by atoms with van der Waals surface area (Å²) < 4.78 is 0.915. The third kappa shape index (κ3) is 10.6. The zero-order valence-electron chi connectivity index (χ0n) is 26.9. The lowest BCUT2D eigenvalue weighted by Crippen LogP contribution is -2.50. The first-order valence-corrected chi connectivity index (χ1v) is 18.4. The molecule has 0 bridgehead atoms. The molecule has 49 heavy (non-hydrogen) atoms. The van der Waals surface area contributed by atoms with Crippen molar-refractivity contribution in [3.05, 3.63) is 106 Å². The summed E-state index contributed by atoms with van der Waals surface area (Å²) >= 11 is 13.3.